The fraction of sp³-hybridized carbons (Fsp3) is 0.684. The Balaban J connectivity index is 1.49. The van der Waals surface area contributed by atoms with Crippen LogP contribution in [0.4, 0.5) is 0 Å². The lowest BCUT2D eigenvalue weighted by Crippen LogP contribution is -2.49. The average Bonchev–Trinajstić information content (AvgIpc) is 2.88. The van der Waals surface area contributed by atoms with E-state index in [9.17, 15) is 19.2 Å². The molecule has 0 radical (unpaired) electrons. The summed E-state index contributed by atoms with van der Waals surface area (Å²) in [6.45, 7) is 3.59. The predicted octanol–water partition coefficient (Wildman–Crippen LogP) is 0.164. The van der Waals surface area contributed by atoms with Gasteiger partial charge in [0.15, 0.2) is 0 Å². The van der Waals surface area contributed by atoms with Gasteiger partial charge in [-0.3, -0.25) is 19.4 Å². The molecule has 146 valence electrons. The number of hydrogen-bond donors (Lipinski definition) is 2. The molecule has 2 atom stereocenters. The molecule has 2 bridgehead atoms. The van der Waals surface area contributed by atoms with Gasteiger partial charge in [0.2, 0.25) is 11.8 Å². The SMILES string of the molecule is Cc1[nH]c(=O)[nH]c(=O)c1CC(=O)N1C[C@H]2CC[C@@H]1CN(C(=O)C1CCC1)C2. The zero-order valence-electron chi connectivity index (χ0n) is 15.6. The number of nitrogens with zero attached hydrogens (tertiary/aromatic N) is 2. The molecule has 27 heavy (non-hydrogen) atoms. The highest BCUT2D eigenvalue weighted by molar-refractivity contribution is 5.81. The standard InChI is InChI=1S/C19H26N4O4/c1-11-15(17(25)21-19(27)20-11)7-16(24)23-9-12-5-6-14(23)10-22(8-12)18(26)13-3-2-4-13/h12-14H,2-10H2,1H3,(H2,20,21,25,27)/t12-,14+/m0/s1. The third-order valence-electron chi connectivity index (χ3n) is 6.38. The summed E-state index contributed by atoms with van der Waals surface area (Å²) >= 11 is 0. The number of H-pyrrole nitrogens is 2. The van der Waals surface area contributed by atoms with E-state index in [1.165, 1.54) is 0 Å². The van der Waals surface area contributed by atoms with E-state index in [0.29, 0.717) is 30.3 Å². The van der Waals surface area contributed by atoms with Gasteiger partial charge in [-0.15, -0.1) is 0 Å². The van der Waals surface area contributed by atoms with Gasteiger partial charge in [-0.05, 0) is 38.5 Å². The van der Waals surface area contributed by atoms with E-state index in [4.69, 9.17) is 0 Å². The van der Waals surface area contributed by atoms with Crippen LogP contribution in [0.15, 0.2) is 9.59 Å². The van der Waals surface area contributed by atoms with E-state index in [-0.39, 0.29) is 30.2 Å². The quantitative estimate of drug-likeness (QED) is 0.786. The lowest BCUT2D eigenvalue weighted by molar-refractivity contribution is -0.139. The average molecular weight is 374 g/mol. The predicted molar refractivity (Wildman–Crippen MR) is 98.3 cm³/mol. The maximum Gasteiger partial charge on any atom is 0.325 e. The van der Waals surface area contributed by atoms with Crippen LogP contribution in [-0.4, -0.2) is 57.3 Å². The molecule has 8 heteroatoms. The van der Waals surface area contributed by atoms with E-state index in [0.717, 1.165) is 38.6 Å². The monoisotopic (exact) mass is 374 g/mol. The van der Waals surface area contributed by atoms with Crippen LogP contribution in [-0.2, 0) is 16.0 Å². The minimum Gasteiger partial charge on any atom is -0.340 e. The van der Waals surface area contributed by atoms with Crippen molar-refractivity contribution in [1.29, 1.82) is 0 Å². The molecule has 1 aromatic rings. The Bertz CT molecular complexity index is 869. The first kappa shape index (κ1) is 18.0. The van der Waals surface area contributed by atoms with Crippen LogP contribution in [0.25, 0.3) is 0 Å². The molecule has 4 aliphatic rings. The highest BCUT2D eigenvalue weighted by Crippen LogP contribution is 2.33. The normalized spacial score (nSPS) is 25.2. The van der Waals surface area contributed by atoms with Crippen molar-refractivity contribution in [2.45, 2.75) is 51.5 Å². The number of aromatic amines is 2. The Kier molecular flexibility index (Phi) is 4.65. The number of aryl methyl sites for hydroxylation is 1. The van der Waals surface area contributed by atoms with Crippen molar-refractivity contribution in [3.63, 3.8) is 0 Å². The van der Waals surface area contributed by atoms with Crippen LogP contribution in [0.5, 0.6) is 0 Å². The van der Waals surface area contributed by atoms with Crippen molar-refractivity contribution in [2.75, 3.05) is 19.6 Å². The van der Waals surface area contributed by atoms with Gasteiger partial charge in [0, 0.05) is 42.9 Å². The first-order valence-electron chi connectivity index (χ1n) is 9.82. The molecule has 0 unspecified atom stereocenters. The number of fused-ring (bicyclic) bond motifs is 4. The summed E-state index contributed by atoms with van der Waals surface area (Å²) in [6, 6.07) is 0.0161. The van der Waals surface area contributed by atoms with Crippen molar-refractivity contribution in [3.8, 4) is 0 Å². The fourth-order valence-electron chi connectivity index (χ4n) is 4.57. The van der Waals surface area contributed by atoms with Crippen molar-refractivity contribution < 1.29 is 9.59 Å². The molecule has 1 aromatic heterocycles. The lowest BCUT2D eigenvalue weighted by Gasteiger charge is -2.36. The first-order chi connectivity index (χ1) is 12.9. The van der Waals surface area contributed by atoms with Crippen LogP contribution in [0.3, 0.4) is 0 Å². The van der Waals surface area contributed by atoms with Gasteiger partial charge in [-0.2, -0.15) is 0 Å². The summed E-state index contributed by atoms with van der Waals surface area (Å²) < 4.78 is 0. The number of carbonyl (C=O) groups excluding carboxylic acids is 2. The van der Waals surface area contributed by atoms with E-state index in [2.05, 4.69) is 9.97 Å². The van der Waals surface area contributed by atoms with Gasteiger partial charge < -0.3 is 14.8 Å². The fourth-order valence-corrected chi connectivity index (χ4v) is 4.57. The summed E-state index contributed by atoms with van der Waals surface area (Å²) in [4.78, 5) is 57.6. The van der Waals surface area contributed by atoms with Gasteiger partial charge >= 0.3 is 5.69 Å². The Hall–Kier alpha value is -2.38. The minimum atomic E-state index is -0.562. The highest BCUT2D eigenvalue weighted by atomic mass is 16.2. The first-order valence-corrected chi connectivity index (χ1v) is 9.82. The number of amides is 2. The number of hydrogen-bond acceptors (Lipinski definition) is 4. The van der Waals surface area contributed by atoms with Crippen LogP contribution in [0.2, 0.25) is 0 Å². The third-order valence-corrected chi connectivity index (χ3v) is 6.38. The molecule has 3 saturated heterocycles. The van der Waals surface area contributed by atoms with Gasteiger partial charge in [0.05, 0.1) is 6.42 Å². The molecule has 0 spiro atoms. The number of rotatable bonds is 3. The number of aromatic nitrogens is 2. The van der Waals surface area contributed by atoms with E-state index in [1.807, 2.05) is 9.80 Å². The summed E-state index contributed by atoms with van der Waals surface area (Å²) in [7, 11) is 0. The topological polar surface area (TPSA) is 106 Å². The van der Waals surface area contributed by atoms with Crippen molar-refractivity contribution in [3.05, 3.63) is 32.1 Å². The van der Waals surface area contributed by atoms with Crippen molar-refractivity contribution >= 4 is 11.8 Å². The van der Waals surface area contributed by atoms with Gasteiger partial charge in [0.1, 0.15) is 0 Å². The number of piperidine rings is 1. The summed E-state index contributed by atoms with van der Waals surface area (Å²) in [6.07, 6.45) is 5.00. The molecule has 1 saturated carbocycles. The van der Waals surface area contributed by atoms with Crippen LogP contribution < -0.4 is 11.2 Å². The molecule has 1 aliphatic carbocycles. The van der Waals surface area contributed by atoms with E-state index < -0.39 is 11.2 Å². The molecular weight excluding hydrogens is 348 g/mol. The summed E-state index contributed by atoms with van der Waals surface area (Å²) in [5, 5.41) is 0. The Labute approximate surface area is 156 Å². The smallest absolute Gasteiger partial charge is 0.325 e. The summed E-state index contributed by atoms with van der Waals surface area (Å²) in [5.41, 5.74) is -0.333. The second-order valence-electron chi connectivity index (χ2n) is 8.20. The number of carbonyl (C=O) groups is 2. The molecule has 0 aromatic carbocycles. The Morgan fingerprint density at radius 1 is 1.04 bits per heavy atom. The Morgan fingerprint density at radius 2 is 1.81 bits per heavy atom. The minimum absolute atomic E-state index is 0.0161. The van der Waals surface area contributed by atoms with Crippen LogP contribution in [0.1, 0.15) is 43.4 Å². The largest absolute Gasteiger partial charge is 0.340 e. The maximum atomic E-state index is 13.0. The molecule has 4 fully saturated rings. The molecule has 2 N–H and O–H groups in total. The van der Waals surface area contributed by atoms with Gasteiger partial charge in [-0.25, -0.2) is 4.79 Å². The van der Waals surface area contributed by atoms with E-state index in [1.54, 1.807) is 6.92 Å². The van der Waals surface area contributed by atoms with Crippen LogP contribution >= 0.6 is 0 Å². The molecule has 5 rings (SSSR count). The van der Waals surface area contributed by atoms with Crippen molar-refractivity contribution in [1.82, 2.24) is 19.8 Å². The van der Waals surface area contributed by atoms with Gasteiger partial charge in [-0.1, -0.05) is 6.42 Å². The van der Waals surface area contributed by atoms with Crippen LogP contribution in [0, 0.1) is 18.8 Å². The molecule has 3 aliphatic heterocycles. The second-order valence-corrected chi connectivity index (χ2v) is 8.20. The van der Waals surface area contributed by atoms with Gasteiger partial charge in [0.25, 0.3) is 5.56 Å². The summed E-state index contributed by atoms with van der Waals surface area (Å²) in [5.74, 6) is 0.615. The highest BCUT2D eigenvalue weighted by Gasteiger charge is 2.40. The van der Waals surface area contributed by atoms with Crippen molar-refractivity contribution in [2.24, 2.45) is 11.8 Å². The second kappa shape index (κ2) is 6.98. The Morgan fingerprint density at radius 3 is 2.48 bits per heavy atom. The molecular formula is C19H26N4O4. The molecule has 4 heterocycles. The van der Waals surface area contributed by atoms with E-state index >= 15 is 0 Å². The third kappa shape index (κ3) is 3.44. The molecule has 8 nitrogen and oxygen atoms in total. The zero-order valence-corrected chi connectivity index (χ0v) is 15.6. The number of nitrogens with one attached hydrogen (secondary N) is 2. The molecule has 2 amide bonds. The lowest BCUT2D eigenvalue weighted by atomic mass is 9.84. The zero-order chi connectivity index (χ0) is 19.1. The maximum absolute atomic E-state index is 13.0.